The second kappa shape index (κ2) is 14.0. The number of methoxy groups -OCH3 is 2. The predicted octanol–water partition coefficient (Wildman–Crippen LogP) is 4.06. The van der Waals surface area contributed by atoms with Crippen molar-refractivity contribution in [1.29, 1.82) is 0 Å². The Hall–Kier alpha value is -5.37. The Kier molecular flexibility index (Phi) is 9.58. The van der Waals surface area contributed by atoms with Gasteiger partial charge in [-0.3, -0.25) is 19.3 Å². The number of hydrogen-bond acceptors (Lipinski definition) is 8. The minimum Gasteiger partial charge on any atom is -0.497 e. The third-order valence-electron chi connectivity index (χ3n) is 8.70. The molecule has 2 N–H and O–H groups in total. The van der Waals surface area contributed by atoms with Crippen molar-refractivity contribution in [2.45, 2.75) is 31.8 Å². The third-order valence-corrected chi connectivity index (χ3v) is 8.93. The van der Waals surface area contributed by atoms with E-state index in [-0.39, 0.29) is 36.1 Å². The zero-order valence-corrected chi connectivity index (χ0v) is 27.9. The van der Waals surface area contributed by atoms with E-state index in [1.54, 1.807) is 53.2 Å². The Balaban J connectivity index is 1.42. The molecule has 15 heteroatoms. The number of aromatic nitrogens is 2. The highest BCUT2D eigenvalue weighted by Crippen LogP contribution is 2.37. The summed E-state index contributed by atoms with van der Waals surface area (Å²) in [5.41, 5.74) is 0.659. The number of carbonyl (C=O) groups is 3. The van der Waals surface area contributed by atoms with Crippen LogP contribution in [0.25, 0.3) is 10.9 Å². The van der Waals surface area contributed by atoms with Gasteiger partial charge in [-0.05, 0) is 67.9 Å². The average molecular weight is 692 g/mol. The van der Waals surface area contributed by atoms with Crippen molar-refractivity contribution >= 4 is 51.7 Å². The van der Waals surface area contributed by atoms with Crippen molar-refractivity contribution in [2.24, 2.45) is 0 Å². The third kappa shape index (κ3) is 6.81. The lowest BCUT2D eigenvalue weighted by Crippen LogP contribution is -2.58. The number of piperazine rings is 1. The summed E-state index contributed by atoms with van der Waals surface area (Å²) in [5.74, 6) is 0.270. The van der Waals surface area contributed by atoms with Gasteiger partial charge in [0.15, 0.2) is 5.82 Å². The highest BCUT2D eigenvalue weighted by atomic mass is 35.5. The standard InChI is InChI=1S/C34H35ClFN7O6/c1-20(42(28-12-9-24(48-2)19-29(28)49-3)34(47)37-23-7-5-22(36)6-8-23)31-39-26-10-4-21(35)18-25(26)32(45)43(31)41-16-14-40(15-17-41)33(46)27-11-13-30(44)38-27/h4-10,12,18-20,27H,11,13-17H2,1-3H3,(H,37,47)(H,38,44)/t20?,27-/m0/s1. The van der Waals surface area contributed by atoms with Gasteiger partial charge < -0.3 is 30.0 Å². The number of hydrogen-bond donors (Lipinski definition) is 2. The Bertz CT molecular complexity index is 1970. The number of urea groups is 1. The van der Waals surface area contributed by atoms with Crippen molar-refractivity contribution in [2.75, 3.05) is 55.6 Å². The lowest BCUT2D eigenvalue weighted by Gasteiger charge is -2.39. The van der Waals surface area contributed by atoms with E-state index in [1.165, 1.54) is 48.1 Å². The van der Waals surface area contributed by atoms with Crippen LogP contribution < -0.4 is 35.6 Å². The zero-order valence-electron chi connectivity index (χ0n) is 27.1. The molecule has 0 radical (unpaired) electrons. The summed E-state index contributed by atoms with van der Waals surface area (Å²) in [6.07, 6.45) is 0.752. The summed E-state index contributed by atoms with van der Waals surface area (Å²) in [6, 6.07) is 13.1. The molecular formula is C34H35ClFN7O6. The van der Waals surface area contributed by atoms with Gasteiger partial charge in [-0.2, -0.15) is 0 Å². The van der Waals surface area contributed by atoms with Crippen LogP contribution in [-0.4, -0.2) is 78.8 Å². The maximum atomic E-state index is 14.3. The van der Waals surface area contributed by atoms with Gasteiger partial charge in [0.25, 0.3) is 5.56 Å². The number of nitrogens with zero attached hydrogens (tertiary/aromatic N) is 5. The average Bonchev–Trinajstić information content (AvgIpc) is 3.55. The van der Waals surface area contributed by atoms with Gasteiger partial charge in [0.05, 0.1) is 49.9 Å². The van der Waals surface area contributed by atoms with Crippen LogP contribution in [0, 0.1) is 5.82 Å². The molecule has 0 spiro atoms. The largest absolute Gasteiger partial charge is 0.497 e. The van der Waals surface area contributed by atoms with Crippen LogP contribution in [0.15, 0.2) is 65.5 Å². The van der Waals surface area contributed by atoms with E-state index in [2.05, 4.69) is 10.6 Å². The van der Waals surface area contributed by atoms with Crippen LogP contribution in [0.5, 0.6) is 11.5 Å². The van der Waals surface area contributed by atoms with Gasteiger partial charge in [-0.1, -0.05) is 11.6 Å². The first-order valence-corrected chi connectivity index (χ1v) is 16.1. The molecule has 1 aromatic heterocycles. The topological polar surface area (TPSA) is 138 Å². The lowest BCUT2D eigenvalue weighted by molar-refractivity contribution is -0.134. The van der Waals surface area contributed by atoms with Gasteiger partial charge in [0, 0.05) is 36.3 Å². The normalized spacial score (nSPS) is 16.7. The molecule has 2 fully saturated rings. The van der Waals surface area contributed by atoms with Gasteiger partial charge in [0.2, 0.25) is 11.8 Å². The number of nitrogens with one attached hydrogen (secondary N) is 2. The zero-order chi connectivity index (χ0) is 34.8. The number of fused-ring (bicyclic) bond motifs is 1. The fraction of sp³-hybridized carbons (Fsp3) is 0.324. The lowest BCUT2D eigenvalue weighted by atomic mass is 10.1. The summed E-state index contributed by atoms with van der Waals surface area (Å²) >= 11 is 6.30. The van der Waals surface area contributed by atoms with E-state index in [1.807, 2.05) is 0 Å². The minimum absolute atomic E-state index is 0.149. The van der Waals surface area contributed by atoms with E-state index in [9.17, 15) is 23.6 Å². The van der Waals surface area contributed by atoms with Gasteiger partial charge in [-0.25, -0.2) is 18.8 Å². The quantitative estimate of drug-likeness (QED) is 0.282. The molecule has 49 heavy (non-hydrogen) atoms. The van der Waals surface area contributed by atoms with E-state index in [0.29, 0.717) is 59.3 Å². The predicted molar refractivity (Wildman–Crippen MR) is 183 cm³/mol. The molecular weight excluding hydrogens is 657 g/mol. The molecule has 0 bridgehead atoms. The Morgan fingerprint density at radius 3 is 2.41 bits per heavy atom. The van der Waals surface area contributed by atoms with Crippen LogP contribution in [0.3, 0.4) is 0 Å². The molecule has 13 nitrogen and oxygen atoms in total. The molecule has 2 saturated heterocycles. The molecule has 1 unspecified atom stereocenters. The Morgan fingerprint density at radius 2 is 1.76 bits per heavy atom. The van der Waals surface area contributed by atoms with Crippen LogP contribution in [0.1, 0.15) is 31.6 Å². The molecule has 3 heterocycles. The summed E-state index contributed by atoms with van der Waals surface area (Å²) in [5, 5.41) is 7.97. The highest BCUT2D eigenvalue weighted by Gasteiger charge is 2.35. The SMILES string of the molecule is COc1ccc(N(C(=O)Nc2ccc(F)cc2)C(C)c2nc3ccc(Cl)cc3c(=O)n2N2CCN(C(=O)[C@@H]3CCC(=O)N3)CC2)c(OC)c1. The first-order chi connectivity index (χ1) is 23.6. The highest BCUT2D eigenvalue weighted by molar-refractivity contribution is 6.31. The van der Waals surface area contributed by atoms with Crippen LogP contribution in [0.4, 0.5) is 20.6 Å². The van der Waals surface area contributed by atoms with Gasteiger partial charge in [0.1, 0.15) is 23.4 Å². The fourth-order valence-corrected chi connectivity index (χ4v) is 6.33. The summed E-state index contributed by atoms with van der Waals surface area (Å²) in [6.45, 7) is 2.86. The fourth-order valence-electron chi connectivity index (χ4n) is 6.16. The summed E-state index contributed by atoms with van der Waals surface area (Å²) in [4.78, 5) is 61.4. The van der Waals surface area contributed by atoms with E-state index in [0.717, 1.165) is 0 Å². The molecule has 2 aliphatic heterocycles. The first-order valence-electron chi connectivity index (χ1n) is 15.7. The van der Waals surface area contributed by atoms with Crippen molar-refractivity contribution < 1.29 is 28.2 Å². The number of carbonyl (C=O) groups excluding carboxylic acids is 3. The Labute approximate surface area is 286 Å². The first kappa shape index (κ1) is 33.5. The van der Waals surface area contributed by atoms with Crippen molar-refractivity contribution in [3.63, 3.8) is 0 Å². The number of halogens is 2. The second-order valence-corrected chi connectivity index (χ2v) is 12.1. The molecule has 2 atom stereocenters. The van der Waals surface area contributed by atoms with Gasteiger partial charge in [-0.15, -0.1) is 0 Å². The van der Waals surface area contributed by atoms with Gasteiger partial charge >= 0.3 is 6.03 Å². The molecule has 0 aliphatic carbocycles. The molecule has 0 saturated carbocycles. The van der Waals surface area contributed by atoms with Crippen LogP contribution in [0.2, 0.25) is 5.02 Å². The monoisotopic (exact) mass is 691 g/mol. The smallest absolute Gasteiger partial charge is 0.327 e. The van der Waals surface area contributed by atoms with Crippen molar-refractivity contribution in [3.05, 3.63) is 87.7 Å². The number of amides is 4. The van der Waals surface area contributed by atoms with Crippen LogP contribution >= 0.6 is 11.6 Å². The van der Waals surface area contributed by atoms with Crippen molar-refractivity contribution in [3.8, 4) is 11.5 Å². The number of rotatable bonds is 8. The number of anilines is 2. The molecule has 256 valence electrons. The molecule has 2 aliphatic rings. The maximum Gasteiger partial charge on any atom is 0.327 e. The molecule has 4 amide bonds. The van der Waals surface area contributed by atoms with E-state index >= 15 is 0 Å². The maximum absolute atomic E-state index is 14.3. The summed E-state index contributed by atoms with van der Waals surface area (Å²) in [7, 11) is 2.97. The number of ether oxygens (including phenoxy) is 2. The molecule has 3 aromatic carbocycles. The molecule has 6 rings (SSSR count). The van der Waals surface area contributed by atoms with Crippen LogP contribution in [-0.2, 0) is 9.59 Å². The van der Waals surface area contributed by atoms with Crippen molar-refractivity contribution in [1.82, 2.24) is 19.9 Å². The van der Waals surface area contributed by atoms with E-state index < -0.39 is 29.5 Å². The minimum atomic E-state index is -0.899. The second-order valence-electron chi connectivity index (χ2n) is 11.7. The Morgan fingerprint density at radius 1 is 1.02 bits per heavy atom. The van der Waals surface area contributed by atoms with E-state index in [4.69, 9.17) is 26.1 Å². The summed E-state index contributed by atoms with van der Waals surface area (Å²) < 4.78 is 26.2. The molecule has 4 aromatic rings. The number of benzene rings is 3.